The molecule has 1 saturated heterocycles. The molecule has 20 heavy (non-hydrogen) atoms. The zero-order valence-electron chi connectivity index (χ0n) is 11.5. The molecule has 0 aromatic heterocycles. The van der Waals surface area contributed by atoms with Gasteiger partial charge in [-0.25, -0.2) is 0 Å². The van der Waals surface area contributed by atoms with E-state index in [-0.39, 0.29) is 13.2 Å². The molecule has 1 aromatic rings. The van der Waals surface area contributed by atoms with Crippen LogP contribution >= 0.6 is 0 Å². The van der Waals surface area contributed by atoms with Gasteiger partial charge in [0.2, 0.25) is 0 Å². The van der Waals surface area contributed by atoms with Gasteiger partial charge in [-0.1, -0.05) is 0 Å². The van der Waals surface area contributed by atoms with Gasteiger partial charge in [0.1, 0.15) is 0 Å². The average Bonchev–Trinajstić information content (AvgIpc) is 2.38. The van der Waals surface area contributed by atoms with Crippen molar-refractivity contribution in [1.29, 1.82) is 0 Å². The van der Waals surface area contributed by atoms with Crippen molar-refractivity contribution < 1.29 is 18.3 Å². The van der Waals surface area contributed by atoms with E-state index in [4.69, 9.17) is 9.47 Å². The molecule has 3 nitrogen and oxygen atoms in total. The smallest absolute Gasteiger partial charge is 0.266 e. The normalized spacial score (nSPS) is 22.4. The van der Waals surface area contributed by atoms with E-state index >= 15 is 0 Å². The highest BCUT2D eigenvalue weighted by atomic mass is 19.3. The van der Waals surface area contributed by atoms with Crippen LogP contribution in [-0.2, 0) is 9.47 Å². The van der Waals surface area contributed by atoms with E-state index in [1.165, 1.54) is 0 Å². The maximum Gasteiger partial charge on any atom is 0.266 e. The first kappa shape index (κ1) is 14.8. The average molecular weight is 281 g/mol. The summed E-state index contributed by atoms with van der Waals surface area (Å²) in [6.45, 7) is 7.87. The van der Waals surface area contributed by atoms with Gasteiger partial charge < -0.3 is 9.47 Å². The van der Waals surface area contributed by atoms with E-state index < -0.39 is 18.3 Å². The number of halogens is 2. The molecule has 0 saturated carbocycles. The van der Waals surface area contributed by atoms with Crippen molar-refractivity contribution in [2.24, 2.45) is 10.9 Å². The minimum Gasteiger partial charge on any atom is -0.348 e. The quantitative estimate of drug-likeness (QED) is 0.782. The van der Waals surface area contributed by atoms with Crippen LogP contribution in [0.1, 0.15) is 23.0 Å². The monoisotopic (exact) mass is 281 g/mol. The Kier molecular flexibility index (Phi) is 4.62. The SMILES string of the molecule is C=Nc1c(C)cc(C2OCC(C=C(F)F)CO2)cc1C. The van der Waals surface area contributed by atoms with E-state index in [0.29, 0.717) is 0 Å². The van der Waals surface area contributed by atoms with Gasteiger partial charge in [0.15, 0.2) is 6.29 Å². The van der Waals surface area contributed by atoms with Crippen molar-refractivity contribution in [2.75, 3.05) is 13.2 Å². The minimum absolute atomic E-state index is 0.224. The largest absolute Gasteiger partial charge is 0.348 e. The van der Waals surface area contributed by atoms with Gasteiger partial charge in [0, 0.05) is 11.5 Å². The molecule has 0 radical (unpaired) electrons. The second-order valence-electron chi connectivity index (χ2n) is 4.88. The van der Waals surface area contributed by atoms with Crippen molar-refractivity contribution in [3.8, 4) is 0 Å². The highest BCUT2D eigenvalue weighted by molar-refractivity contribution is 5.57. The molecular weight excluding hydrogens is 264 g/mol. The molecule has 2 rings (SSSR count). The highest BCUT2D eigenvalue weighted by Crippen LogP contribution is 2.31. The van der Waals surface area contributed by atoms with Crippen molar-refractivity contribution >= 4 is 12.4 Å². The van der Waals surface area contributed by atoms with Gasteiger partial charge >= 0.3 is 0 Å². The van der Waals surface area contributed by atoms with Crippen molar-refractivity contribution in [1.82, 2.24) is 0 Å². The highest BCUT2D eigenvalue weighted by Gasteiger charge is 2.23. The summed E-state index contributed by atoms with van der Waals surface area (Å²) < 4.78 is 35.4. The fourth-order valence-corrected chi connectivity index (χ4v) is 2.36. The summed E-state index contributed by atoms with van der Waals surface area (Å²) in [4.78, 5) is 3.98. The lowest BCUT2D eigenvalue weighted by molar-refractivity contribution is -0.198. The number of aliphatic imine (C=N–C) groups is 1. The van der Waals surface area contributed by atoms with Crippen LogP contribution < -0.4 is 0 Å². The Morgan fingerprint density at radius 2 is 1.80 bits per heavy atom. The third-order valence-corrected chi connectivity index (χ3v) is 3.23. The summed E-state index contributed by atoms with van der Waals surface area (Å²) in [6, 6.07) is 3.85. The summed E-state index contributed by atoms with van der Waals surface area (Å²) in [7, 11) is 0. The molecule has 1 aromatic carbocycles. The van der Waals surface area contributed by atoms with Crippen molar-refractivity contribution in [3.63, 3.8) is 0 Å². The maximum absolute atomic E-state index is 12.2. The van der Waals surface area contributed by atoms with Crippen LogP contribution in [0.3, 0.4) is 0 Å². The summed E-state index contributed by atoms with van der Waals surface area (Å²) in [5.74, 6) is -0.396. The Labute approximate surface area is 116 Å². The van der Waals surface area contributed by atoms with Crippen LogP contribution in [0.4, 0.5) is 14.5 Å². The molecule has 5 heteroatoms. The van der Waals surface area contributed by atoms with Crippen LogP contribution in [-0.4, -0.2) is 19.9 Å². The van der Waals surface area contributed by atoms with Gasteiger partial charge in [0.05, 0.1) is 18.9 Å². The minimum atomic E-state index is -1.70. The van der Waals surface area contributed by atoms with Crippen molar-refractivity contribution in [2.45, 2.75) is 20.1 Å². The molecule has 1 fully saturated rings. The fourth-order valence-electron chi connectivity index (χ4n) is 2.36. The summed E-state index contributed by atoms with van der Waals surface area (Å²) in [6.07, 6.45) is -1.34. The lowest BCUT2D eigenvalue weighted by Gasteiger charge is -2.28. The lowest BCUT2D eigenvalue weighted by Crippen LogP contribution is -2.26. The third-order valence-electron chi connectivity index (χ3n) is 3.23. The van der Waals surface area contributed by atoms with Gasteiger partial charge in [-0.2, -0.15) is 8.78 Å². The Bertz CT molecular complexity index is 508. The second-order valence-corrected chi connectivity index (χ2v) is 4.88. The number of rotatable bonds is 3. The predicted octanol–water partition coefficient (Wildman–Crippen LogP) is 4.08. The molecule has 0 spiro atoms. The van der Waals surface area contributed by atoms with E-state index in [1.807, 2.05) is 26.0 Å². The number of nitrogens with zero attached hydrogens (tertiary/aromatic N) is 1. The zero-order chi connectivity index (χ0) is 14.7. The Morgan fingerprint density at radius 3 is 2.25 bits per heavy atom. The molecule has 0 amide bonds. The Hall–Kier alpha value is -1.59. The first-order chi connectivity index (χ1) is 9.51. The van der Waals surface area contributed by atoms with Crippen LogP contribution in [0, 0.1) is 19.8 Å². The summed E-state index contributed by atoms with van der Waals surface area (Å²) in [5, 5.41) is 0. The summed E-state index contributed by atoms with van der Waals surface area (Å²) in [5.41, 5.74) is 3.69. The van der Waals surface area contributed by atoms with Gasteiger partial charge in [-0.15, -0.1) is 0 Å². The Morgan fingerprint density at radius 1 is 1.25 bits per heavy atom. The van der Waals surface area contributed by atoms with Gasteiger partial charge in [-0.3, -0.25) is 4.99 Å². The van der Waals surface area contributed by atoms with Gasteiger partial charge in [0.25, 0.3) is 6.08 Å². The molecule has 0 bridgehead atoms. The standard InChI is InChI=1S/C15H17F2NO2/c1-9-4-12(5-10(2)14(9)18-3)15-19-7-11(8-20-15)6-13(16)17/h4-6,11,15H,3,7-8H2,1-2H3. The number of ether oxygens (including phenoxy) is 2. The number of benzene rings is 1. The fraction of sp³-hybridized carbons (Fsp3) is 0.400. The molecule has 0 aliphatic carbocycles. The van der Waals surface area contributed by atoms with E-state index in [1.54, 1.807) is 0 Å². The number of hydrogen-bond donors (Lipinski definition) is 0. The van der Waals surface area contributed by atoms with Crippen LogP contribution in [0.25, 0.3) is 0 Å². The molecule has 0 N–H and O–H groups in total. The van der Waals surface area contributed by atoms with Crippen LogP contribution in [0.15, 0.2) is 29.3 Å². The van der Waals surface area contributed by atoms with E-state index in [9.17, 15) is 8.78 Å². The van der Waals surface area contributed by atoms with Gasteiger partial charge in [-0.05, 0) is 49.9 Å². The number of aryl methyl sites for hydroxylation is 2. The molecule has 0 unspecified atom stereocenters. The molecule has 108 valence electrons. The molecule has 1 heterocycles. The van der Waals surface area contributed by atoms with Crippen LogP contribution in [0.5, 0.6) is 0 Å². The molecule has 1 aliphatic heterocycles. The third kappa shape index (κ3) is 3.29. The Balaban J connectivity index is 2.11. The number of hydrogen-bond acceptors (Lipinski definition) is 3. The summed E-state index contributed by atoms with van der Waals surface area (Å²) >= 11 is 0. The zero-order valence-corrected chi connectivity index (χ0v) is 11.5. The molecule has 1 aliphatic rings. The topological polar surface area (TPSA) is 30.8 Å². The maximum atomic E-state index is 12.2. The lowest BCUT2D eigenvalue weighted by atomic mass is 10.0. The van der Waals surface area contributed by atoms with Crippen molar-refractivity contribution in [3.05, 3.63) is 41.0 Å². The second kappa shape index (κ2) is 6.24. The van der Waals surface area contributed by atoms with Crippen LogP contribution in [0.2, 0.25) is 0 Å². The first-order valence-corrected chi connectivity index (χ1v) is 6.35. The molecular formula is C15H17F2NO2. The van der Waals surface area contributed by atoms with E-state index in [0.717, 1.165) is 28.5 Å². The molecule has 0 atom stereocenters. The van der Waals surface area contributed by atoms with E-state index in [2.05, 4.69) is 11.7 Å². The predicted molar refractivity (Wildman–Crippen MR) is 73.6 cm³/mol. The first-order valence-electron chi connectivity index (χ1n) is 6.35.